The van der Waals surface area contributed by atoms with Crippen LogP contribution < -0.4 is 10.2 Å². The predicted molar refractivity (Wildman–Crippen MR) is 106 cm³/mol. The number of ether oxygens (including phenoxy) is 1. The summed E-state index contributed by atoms with van der Waals surface area (Å²) in [5.74, 6) is 1.17. The number of benzene rings is 1. The first-order valence-electron chi connectivity index (χ1n) is 9.02. The molecule has 0 saturated carbocycles. The van der Waals surface area contributed by atoms with Crippen LogP contribution >= 0.6 is 12.4 Å². The first-order valence-corrected chi connectivity index (χ1v) is 9.02. The molecule has 1 fully saturated rings. The Hall–Kier alpha value is -0.770. The lowest BCUT2D eigenvalue weighted by Crippen LogP contribution is -2.46. The second-order valence-electron chi connectivity index (χ2n) is 7.81. The summed E-state index contributed by atoms with van der Waals surface area (Å²) < 4.78 is 6.29. The average molecular weight is 355 g/mol. The van der Waals surface area contributed by atoms with Crippen molar-refractivity contribution in [3.05, 3.63) is 29.8 Å². The van der Waals surface area contributed by atoms with Crippen molar-refractivity contribution in [1.82, 2.24) is 5.32 Å². The zero-order valence-electron chi connectivity index (χ0n) is 16.1. The first-order chi connectivity index (χ1) is 10.9. The summed E-state index contributed by atoms with van der Waals surface area (Å²) in [6.07, 6.45) is 3.00. The van der Waals surface area contributed by atoms with Gasteiger partial charge in [-0.25, -0.2) is 0 Å². The molecule has 138 valence electrons. The summed E-state index contributed by atoms with van der Waals surface area (Å²) in [6, 6.07) is 9.38. The van der Waals surface area contributed by atoms with Crippen molar-refractivity contribution in [3.8, 4) is 0 Å². The van der Waals surface area contributed by atoms with Crippen molar-refractivity contribution in [1.29, 1.82) is 0 Å². The summed E-state index contributed by atoms with van der Waals surface area (Å²) in [4.78, 5) is 2.14. The third kappa shape index (κ3) is 5.94. The number of hydrogen-bond donors (Lipinski definition) is 1. The predicted octanol–water partition coefficient (Wildman–Crippen LogP) is 4.49. The molecular formula is C20H35ClN2O. The molecule has 0 aromatic heterocycles. The van der Waals surface area contributed by atoms with Gasteiger partial charge in [0.05, 0.1) is 12.2 Å². The third-order valence-electron chi connectivity index (χ3n) is 4.92. The highest BCUT2D eigenvalue weighted by Crippen LogP contribution is 2.28. The van der Waals surface area contributed by atoms with Crippen LogP contribution in [0.4, 0.5) is 5.69 Å². The van der Waals surface area contributed by atoms with Crippen LogP contribution in [-0.4, -0.2) is 32.3 Å². The normalized spacial score (nSPS) is 24.1. The summed E-state index contributed by atoms with van der Waals surface area (Å²) in [5, 5.41) is 3.76. The molecule has 24 heavy (non-hydrogen) atoms. The van der Waals surface area contributed by atoms with Crippen molar-refractivity contribution in [3.63, 3.8) is 0 Å². The van der Waals surface area contributed by atoms with Crippen molar-refractivity contribution in [2.75, 3.05) is 19.0 Å². The Morgan fingerprint density at radius 3 is 1.92 bits per heavy atom. The van der Waals surface area contributed by atoms with Crippen molar-refractivity contribution >= 4 is 18.1 Å². The largest absolute Gasteiger partial charge is 0.378 e. The van der Waals surface area contributed by atoms with Crippen molar-refractivity contribution in [2.24, 2.45) is 11.8 Å². The molecular weight excluding hydrogens is 320 g/mol. The van der Waals surface area contributed by atoms with Crippen LogP contribution in [0.3, 0.4) is 0 Å². The number of nitrogens with one attached hydrogen (secondary N) is 1. The van der Waals surface area contributed by atoms with Crippen molar-refractivity contribution in [2.45, 2.75) is 65.3 Å². The molecule has 3 nitrogen and oxygen atoms in total. The molecule has 1 aromatic rings. The fraction of sp³-hybridized carbons (Fsp3) is 0.700. The maximum Gasteiger partial charge on any atom is 0.0616 e. The second-order valence-corrected chi connectivity index (χ2v) is 7.81. The molecule has 1 aromatic carbocycles. The van der Waals surface area contributed by atoms with E-state index >= 15 is 0 Å². The van der Waals surface area contributed by atoms with E-state index in [0.717, 1.165) is 19.4 Å². The Labute approximate surface area is 154 Å². The average Bonchev–Trinajstić information content (AvgIpc) is 2.52. The minimum atomic E-state index is 0. The van der Waals surface area contributed by atoms with Gasteiger partial charge in [0.2, 0.25) is 0 Å². The highest BCUT2D eigenvalue weighted by Gasteiger charge is 2.32. The van der Waals surface area contributed by atoms with Gasteiger partial charge in [0.25, 0.3) is 0 Å². The number of nitrogens with zero attached hydrogens (tertiary/aromatic N) is 1. The summed E-state index contributed by atoms with van der Waals surface area (Å²) in [6.45, 7) is 10.0. The van der Waals surface area contributed by atoms with E-state index in [4.69, 9.17) is 4.74 Å². The van der Waals surface area contributed by atoms with Crippen LogP contribution in [-0.2, 0) is 11.3 Å². The Morgan fingerprint density at radius 1 is 1.00 bits per heavy atom. The highest BCUT2D eigenvalue weighted by atomic mass is 35.5. The monoisotopic (exact) mass is 354 g/mol. The minimum Gasteiger partial charge on any atom is -0.378 e. The van der Waals surface area contributed by atoms with Gasteiger partial charge in [0.15, 0.2) is 0 Å². The van der Waals surface area contributed by atoms with Crippen LogP contribution in [0, 0.1) is 11.8 Å². The number of halogens is 1. The molecule has 1 heterocycles. The lowest BCUT2D eigenvalue weighted by Gasteiger charge is -2.39. The van der Waals surface area contributed by atoms with E-state index in [1.165, 1.54) is 11.3 Å². The fourth-order valence-electron chi connectivity index (χ4n) is 3.19. The van der Waals surface area contributed by atoms with E-state index < -0.39 is 0 Å². The Balaban J connectivity index is 0.00000288. The van der Waals surface area contributed by atoms with Gasteiger partial charge in [-0.05, 0) is 42.4 Å². The van der Waals surface area contributed by atoms with Gasteiger partial charge >= 0.3 is 0 Å². The second kappa shape index (κ2) is 9.65. The SMILES string of the molecule is CC(C)C1CC(NCc2ccc(N(C)C)cc2)CC(C(C)C)O1.Cl. The maximum atomic E-state index is 6.29. The number of hydrogen-bond acceptors (Lipinski definition) is 3. The zero-order chi connectivity index (χ0) is 17.0. The Morgan fingerprint density at radius 2 is 1.50 bits per heavy atom. The number of anilines is 1. The molecule has 1 saturated heterocycles. The molecule has 1 aliphatic rings. The fourth-order valence-corrected chi connectivity index (χ4v) is 3.19. The molecule has 0 spiro atoms. The van der Waals surface area contributed by atoms with Gasteiger partial charge in [0, 0.05) is 32.4 Å². The molecule has 4 heteroatoms. The van der Waals surface area contributed by atoms with Gasteiger partial charge in [-0.2, -0.15) is 0 Å². The molecule has 1 N–H and O–H groups in total. The maximum absolute atomic E-state index is 6.29. The minimum absolute atomic E-state index is 0. The first kappa shape index (κ1) is 21.3. The van der Waals surface area contributed by atoms with Crippen LogP contribution in [0.5, 0.6) is 0 Å². The lowest BCUT2D eigenvalue weighted by molar-refractivity contribution is -0.0995. The van der Waals surface area contributed by atoms with Gasteiger partial charge < -0.3 is 15.0 Å². The molecule has 1 aliphatic heterocycles. The molecule has 2 unspecified atom stereocenters. The van der Waals surface area contributed by atoms with Gasteiger partial charge in [-0.1, -0.05) is 39.8 Å². The van der Waals surface area contributed by atoms with Crippen molar-refractivity contribution < 1.29 is 4.74 Å². The quantitative estimate of drug-likeness (QED) is 0.814. The smallest absolute Gasteiger partial charge is 0.0616 e. The standard InChI is InChI=1S/C20H34N2O.ClH/c1-14(2)19-11-17(12-20(23-19)15(3)4)21-13-16-7-9-18(10-8-16)22(5)6;/h7-10,14-15,17,19-21H,11-13H2,1-6H3;1H. The van der Waals surface area contributed by atoms with E-state index in [0.29, 0.717) is 30.1 Å². The lowest BCUT2D eigenvalue weighted by atomic mass is 9.88. The van der Waals surface area contributed by atoms with Crippen LogP contribution in [0.15, 0.2) is 24.3 Å². The number of rotatable bonds is 6. The molecule has 0 bridgehead atoms. The zero-order valence-corrected chi connectivity index (χ0v) is 16.9. The third-order valence-corrected chi connectivity index (χ3v) is 4.92. The highest BCUT2D eigenvalue weighted by molar-refractivity contribution is 5.85. The van der Waals surface area contributed by atoms with Gasteiger partial charge in [-0.3, -0.25) is 0 Å². The molecule has 2 atom stereocenters. The van der Waals surface area contributed by atoms with Gasteiger partial charge in [-0.15, -0.1) is 12.4 Å². The van der Waals surface area contributed by atoms with E-state index in [9.17, 15) is 0 Å². The Kier molecular flexibility index (Phi) is 8.55. The van der Waals surface area contributed by atoms with Crippen LogP contribution in [0.25, 0.3) is 0 Å². The van der Waals surface area contributed by atoms with Crippen LogP contribution in [0.2, 0.25) is 0 Å². The summed E-state index contributed by atoms with van der Waals surface area (Å²) in [5.41, 5.74) is 2.60. The van der Waals surface area contributed by atoms with Gasteiger partial charge in [0.1, 0.15) is 0 Å². The van der Waals surface area contributed by atoms with E-state index in [1.807, 2.05) is 0 Å². The molecule has 2 rings (SSSR count). The van der Waals surface area contributed by atoms with Crippen LogP contribution in [0.1, 0.15) is 46.1 Å². The molecule has 0 aliphatic carbocycles. The topological polar surface area (TPSA) is 24.5 Å². The summed E-state index contributed by atoms with van der Waals surface area (Å²) >= 11 is 0. The summed E-state index contributed by atoms with van der Waals surface area (Å²) in [7, 11) is 4.15. The van der Waals surface area contributed by atoms with E-state index in [2.05, 4.69) is 76.3 Å². The Bertz CT molecular complexity index is 457. The molecule has 0 radical (unpaired) electrons. The van der Waals surface area contributed by atoms with E-state index in [-0.39, 0.29) is 12.4 Å². The van der Waals surface area contributed by atoms with E-state index in [1.54, 1.807) is 0 Å². The molecule has 0 amide bonds.